The first-order valence-corrected chi connectivity index (χ1v) is 8.68. The van der Waals surface area contributed by atoms with Crippen molar-refractivity contribution in [2.75, 3.05) is 12.4 Å². The normalized spacial score (nSPS) is 20.8. The van der Waals surface area contributed by atoms with E-state index in [9.17, 15) is 13.2 Å². The van der Waals surface area contributed by atoms with Crippen molar-refractivity contribution in [3.63, 3.8) is 0 Å². The lowest BCUT2D eigenvalue weighted by molar-refractivity contribution is 0.0984. The number of benzene rings is 1. The van der Waals surface area contributed by atoms with Crippen molar-refractivity contribution in [2.45, 2.75) is 37.5 Å². The second-order valence-corrected chi connectivity index (χ2v) is 7.32. The highest BCUT2D eigenvalue weighted by molar-refractivity contribution is 7.92. The van der Waals surface area contributed by atoms with Gasteiger partial charge in [0.05, 0.1) is 11.9 Å². The first kappa shape index (κ1) is 15.2. The van der Waals surface area contributed by atoms with Crippen LogP contribution >= 0.6 is 0 Å². The van der Waals surface area contributed by atoms with E-state index in [0.717, 1.165) is 12.8 Å². The molecule has 1 aromatic rings. The molecule has 0 aliphatic carbocycles. The number of hydrogen-bond donors (Lipinski definition) is 0. The van der Waals surface area contributed by atoms with E-state index in [2.05, 4.69) is 0 Å². The summed E-state index contributed by atoms with van der Waals surface area (Å²) in [5.74, 6) is -0.365. The zero-order chi connectivity index (χ0) is 14.6. The highest BCUT2D eigenvalue weighted by atomic mass is 32.2. The largest absolute Gasteiger partial charge is 0.377 e. The molecule has 0 amide bonds. The second-order valence-electron chi connectivity index (χ2n) is 5.09. The predicted molar refractivity (Wildman–Crippen MR) is 77.6 cm³/mol. The molecule has 2 rings (SSSR count). The van der Waals surface area contributed by atoms with Crippen LogP contribution < -0.4 is 0 Å². The van der Waals surface area contributed by atoms with Crippen LogP contribution in [0.25, 0.3) is 0 Å². The number of carbonyl (C=O) groups excluding carboxylic acids is 1. The van der Waals surface area contributed by atoms with E-state index >= 15 is 0 Å². The molecule has 1 saturated heterocycles. The van der Waals surface area contributed by atoms with Crippen LogP contribution in [-0.4, -0.2) is 37.9 Å². The van der Waals surface area contributed by atoms with Crippen LogP contribution in [0.15, 0.2) is 30.3 Å². The fourth-order valence-corrected chi connectivity index (χ4v) is 4.53. The van der Waals surface area contributed by atoms with Gasteiger partial charge in [0.25, 0.3) is 0 Å². The highest BCUT2D eigenvalue weighted by Gasteiger charge is 2.34. The van der Waals surface area contributed by atoms with Crippen molar-refractivity contribution < 1.29 is 17.9 Å². The van der Waals surface area contributed by atoms with Crippen molar-refractivity contribution in [2.24, 2.45) is 0 Å². The molecule has 0 aromatic heterocycles. The molecule has 2 unspecified atom stereocenters. The summed E-state index contributed by atoms with van der Waals surface area (Å²) in [7, 11) is -3.48. The third-order valence-electron chi connectivity index (χ3n) is 3.60. The van der Waals surface area contributed by atoms with Gasteiger partial charge in [-0.15, -0.1) is 0 Å². The second kappa shape index (κ2) is 6.50. The summed E-state index contributed by atoms with van der Waals surface area (Å²) in [4.78, 5) is 12.4. The summed E-state index contributed by atoms with van der Waals surface area (Å²) in [6.07, 6.45) is 1.69. The molecular formula is C15H20O4S. The molecule has 20 heavy (non-hydrogen) atoms. The number of rotatable bonds is 6. The Morgan fingerprint density at radius 1 is 1.35 bits per heavy atom. The minimum absolute atomic E-state index is 0.0515. The molecule has 1 aromatic carbocycles. The number of Topliss-reactive ketones (excluding diaryl/α,β-unsaturated/α-hetero) is 1. The van der Waals surface area contributed by atoms with Gasteiger partial charge in [-0.3, -0.25) is 4.79 Å². The van der Waals surface area contributed by atoms with Crippen LogP contribution in [0.4, 0.5) is 0 Å². The smallest absolute Gasteiger partial charge is 0.180 e. The van der Waals surface area contributed by atoms with Gasteiger partial charge in [0.15, 0.2) is 15.6 Å². The maximum atomic E-state index is 12.4. The van der Waals surface area contributed by atoms with E-state index in [1.807, 2.05) is 0 Å². The molecule has 0 radical (unpaired) electrons. The Labute approximate surface area is 120 Å². The summed E-state index contributed by atoms with van der Waals surface area (Å²) in [5, 5.41) is -0.964. The van der Waals surface area contributed by atoms with Crippen LogP contribution in [0.3, 0.4) is 0 Å². The maximum Gasteiger partial charge on any atom is 0.180 e. The summed E-state index contributed by atoms with van der Waals surface area (Å²) < 4.78 is 30.2. The molecule has 0 N–H and O–H groups in total. The van der Waals surface area contributed by atoms with E-state index in [4.69, 9.17) is 4.74 Å². The standard InChI is InChI=1S/C15H20O4S/c1-2-14(15(16)12-7-4-3-5-8-12)20(17,18)11-13-9-6-10-19-13/h3-5,7-8,13-14H,2,6,9-11H2,1H3. The molecule has 0 bridgehead atoms. The minimum atomic E-state index is -3.48. The minimum Gasteiger partial charge on any atom is -0.377 e. The Morgan fingerprint density at radius 2 is 2.05 bits per heavy atom. The topological polar surface area (TPSA) is 60.4 Å². The van der Waals surface area contributed by atoms with Gasteiger partial charge in [-0.1, -0.05) is 37.3 Å². The molecule has 1 aliphatic rings. The number of hydrogen-bond acceptors (Lipinski definition) is 4. The average molecular weight is 296 g/mol. The number of ether oxygens (including phenoxy) is 1. The first-order valence-electron chi connectivity index (χ1n) is 6.97. The van der Waals surface area contributed by atoms with Gasteiger partial charge >= 0.3 is 0 Å². The summed E-state index contributed by atoms with van der Waals surface area (Å²) in [6, 6.07) is 8.61. The molecule has 4 nitrogen and oxygen atoms in total. The van der Waals surface area contributed by atoms with Crippen LogP contribution in [0.5, 0.6) is 0 Å². The van der Waals surface area contributed by atoms with Gasteiger partial charge < -0.3 is 4.74 Å². The van der Waals surface area contributed by atoms with Gasteiger partial charge in [-0.25, -0.2) is 8.42 Å². The van der Waals surface area contributed by atoms with Crippen molar-refractivity contribution in [1.82, 2.24) is 0 Å². The van der Waals surface area contributed by atoms with Crippen molar-refractivity contribution in [3.8, 4) is 0 Å². The lowest BCUT2D eigenvalue weighted by atomic mass is 10.1. The van der Waals surface area contributed by atoms with Crippen molar-refractivity contribution in [1.29, 1.82) is 0 Å². The molecule has 1 aliphatic heterocycles. The number of sulfone groups is 1. The van der Waals surface area contributed by atoms with Crippen LogP contribution in [0.2, 0.25) is 0 Å². The quantitative estimate of drug-likeness (QED) is 0.755. The Balaban J connectivity index is 2.16. The highest BCUT2D eigenvalue weighted by Crippen LogP contribution is 2.20. The van der Waals surface area contributed by atoms with Gasteiger partial charge in [-0.2, -0.15) is 0 Å². The third kappa shape index (κ3) is 3.46. The molecule has 0 saturated carbocycles. The van der Waals surface area contributed by atoms with Gasteiger partial charge in [-0.05, 0) is 19.3 Å². The van der Waals surface area contributed by atoms with Gasteiger partial charge in [0, 0.05) is 12.2 Å². The zero-order valence-electron chi connectivity index (χ0n) is 11.6. The first-order chi connectivity index (χ1) is 9.54. The van der Waals surface area contributed by atoms with E-state index in [1.54, 1.807) is 37.3 Å². The van der Waals surface area contributed by atoms with Crippen molar-refractivity contribution in [3.05, 3.63) is 35.9 Å². The summed E-state index contributed by atoms with van der Waals surface area (Å²) in [5.41, 5.74) is 0.454. The Morgan fingerprint density at radius 3 is 2.60 bits per heavy atom. The van der Waals surface area contributed by atoms with E-state index in [1.165, 1.54) is 0 Å². The fourth-order valence-electron chi connectivity index (χ4n) is 2.54. The molecule has 1 fully saturated rings. The fraction of sp³-hybridized carbons (Fsp3) is 0.533. The lowest BCUT2D eigenvalue weighted by Gasteiger charge is -2.17. The summed E-state index contributed by atoms with van der Waals surface area (Å²) in [6.45, 7) is 2.35. The monoisotopic (exact) mass is 296 g/mol. The van der Waals surface area contributed by atoms with Crippen LogP contribution in [-0.2, 0) is 14.6 Å². The average Bonchev–Trinajstić information content (AvgIpc) is 2.92. The van der Waals surface area contributed by atoms with Gasteiger partial charge in [0.1, 0.15) is 5.25 Å². The maximum absolute atomic E-state index is 12.4. The van der Waals surface area contributed by atoms with E-state index < -0.39 is 15.1 Å². The Bertz CT molecular complexity index is 544. The zero-order valence-corrected chi connectivity index (χ0v) is 12.4. The SMILES string of the molecule is CCC(C(=O)c1ccccc1)S(=O)(=O)CC1CCCO1. The Kier molecular flexibility index (Phi) is 4.94. The predicted octanol–water partition coefficient (Wildman–Crippen LogP) is 2.24. The molecule has 1 heterocycles. The Hall–Kier alpha value is -1.20. The summed E-state index contributed by atoms with van der Waals surface area (Å²) >= 11 is 0. The lowest BCUT2D eigenvalue weighted by Crippen LogP contribution is -2.35. The van der Waals surface area contributed by atoms with Crippen LogP contribution in [0, 0.1) is 0 Å². The molecule has 5 heteroatoms. The molecular weight excluding hydrogens is 276 g/mol. The molecule has 110 valence electrons. The van der Waals surface area contributed by atoms with E-state index in [0.29, 0.717) is 18.6 Å². The molecule has 0 spiro atoms. The van der Waals surface area contributed by atoms with Crippen LogP contribution in [0.1, 0.15) is 36.5 Å². The molecule has 2 atom stereocenters. The number of ketones is 1. The number of carbonyl (C=O) groups is 1. The van der Waals surface area contributed by atoms with E-state index in [-0.39, 0.29) is 17.6 Å². The third-order valence-corrected chi connectivity index (χ3v) is 5.85. The van der Waals surface area contributed by atoms with Crippen molar-refractivity contribution >= 4 is 15.6 Å². The van der Waals surface area contributed by atoms with Gasteiger partial charge in [0.2, 0.25) is 0 Å².